The molecule has 0 fully saturated rings. The minimum atomic E-state index is -0.157. The third kappa shape index (κ3) is 4.45. The van der Waals surface area contributed by atoms with E-state index in [0.717, 1.165) is 23.4 Å². The van der Waals surface area contributed by atoms with Crippen molar-refractivity contribution in [2.24, 2.45) is 0 Å². The van der Waals surface area contributed by atoms with Gasteiger partial charge in [0.15, 0.2) is 0 Å². The van der Waals surface area contributed by atoms with Gasteiger partial charge in [-0.2, -0.15) is 0 Å². The largest absolute Gasteiger partial charge is 0.352 e. The van der Waals surface area contributed by atoms with Crippen LogP contribution in [0.1, 0.15) is 37.7 Å². The van der Waals surface area contributed by atoms with Crippen molar-refractivity contribution < 1.29 is 4.79 Å². The highest BCUT2D eigenvalue weighted by molar-refractivity contribution is 5.86. The third-order valence-corrected chi connectivity index (χ3v) is 4.73. The molecule has 0 radical (unpaired) electrons. The smallest absolute Gasteiger partial charge is 0.243 e. The van der Waals surface area contributed by atoms with Gasteiger partial charge in [-0.15, -0.1) is 0 Å². The second kappa shape index (κ2) is 7.78. The number of hydrogen-bond donors (Lipinski definition) is 1. The lowest BCUT2D eigenvalue weighted by Crippen LogP contribution is -2.24. The minimum absolute atomic E-state index is 0.148. The molecule has 0 bridgehead atoms. The summed E-state index contributed by atoms with van der Waals surface area (Å²) in [6.45, 7) is 11.5. The first-order valence-corrected chi connectivity index (χ1v) is 9.32. The lowest BCUT2D eigenvalue weighted by molar-refractivity contribution is -0.116. The zero-order chi connectivity index (χ0) is 19.4. The van der Waals surface area contributed by atoms with Crippen molar-refractivity contribution >= 4 is 16.9 Å². The van der Waals surface area contributed by atoms with E-state index in [4.69, 9.17) is 4.98 Å². The highest BCUT2D eigenvalue weighted by atomic mass is 16.1. The standard InChI is InChI=1S/C23H27N3O/c1-5-22(27)24-15-14-21-25-19-8-6-7-9-20(19)26(21)16-17-10-12-18(13-11-17)23(2,3)4/h5-13H,1,14-16H2,2-4H3,(H,24,27). The number of carbonyl (C=O) groups excluding carboxylic acids is 1. The number of aromatic nitrogens is 2. The van der Waals surface area contributed by atoms with Crippen LogP contribution in [0.25, 0.3) is 11.0 Å². The summed E-state index contributed by atoms with van der Waals surface area (Å²) in [6.07, 6.45) is 1.97. The van der Waals surface area contributed by atoms with Gasteiger partial charge >= 0.3 is 0 Å². The van der Waals surface area contributed by atoms with Crippen LogP contribution in [0.5, 0.6) is 0 Å². The van der Waals surface area contributed by atoms with Crippen molar-refractivity contribution in [1.82, 2.24) is 14.9 Å². The Morgan fingerprint density at radius 3 is 2.52 bits per heavy atom. The second-order valence-electron chi connectivity index (χ2n) is 7.79. The molecule has 0 unspecified atom stereocenters. The molecule has 0 aliphatic heterocycles. The van der Waals surface area contributed by atoms with Crippen molar-refractivity contribution in [3.63, 3.8) is 0 Å². The number of carbonyl (C=O) groups is 1. The molecule has 1 heterocycles. The third-order valence-electron chi connectivity index (χ3n) is 4.73. The van der Waals surface area contributed by atoms with Crippen LogP contribution in [0.3, 0.4) is 0 Å². The van der Waals surface area contributed by atoms with E-state index in [1.807, 2.05) is 18.2 Å². The second-order valence-corrected chi connectivity index (χ2v) is 7.79. The van der Waals surface area contributed by atoms with Crippen molar-refractivity contribution in [3.8, 4) is 0 Å². The summed E-state index contributed by atoms with van der Waals surface area (Å²) in [6, 6.07) is 17.0. The fourth-order valence-corrected chi connectivity index (χ4v) is 3.16. The van der Waals surface area contributed by atoms with E-state index in [2.05, 4.69) is 67.6 Å². The highest BCUT2D eigenvalue weighted by Crippen LogP contribution is 2.23. The molecule has 2 aromatic carbocycles. The summed E-state index contributed by atoms with van der Waals surface area (Å²) < 4.78 is 2.24. The Kier molecular flexibility index (Phi) is 5.45. The van der Waals surface area contributed by atoms with Gasteiger partial charge in [0.1, 0.15) is 5.82 Å². The Balaban J connectivity index is 1.86. The van der Waals surface area contributed by atoms with Gasteiger partial charge in [0.2, 0.25) is 5.91 Å². The molecule has 0 spiro atoms. The Hall–Kier alpha value is -2.88. The number of imidazole rings is 1. The van der Waals surface area contributed by atoms with E-state index in [9.17, 15) is 4.79 Å². The van der Waals surface area contributed by atoms with Crippen LogP contribution < -0.4 is 5.32 Å². The zero-order valence-electron chi connectivity index (χ0n) is 16.3. The van der Waals surface area contributed by atoms with Crippen LogP contribution >= 0.6 is 0 Å². The summed E-state index contributed by atoms with van der Waals surface area (Å²) in [7, 11) is 0. The van der Waals surface area contributed by atoms with Crippen LogP contribution in [-0.4, -0.2) is 22.0 Å². The fourth-order valence-electron chi connectivity index (χ4n) is 3.16. The van der Waals surface area contributed by atoms with E-state index in [1.54, 1.807) is 0 Å². The maximum atomic E-state index is 11.4. The van der Waals surface area contributed by atoms with Crippen LogP contribution in [0.15, 0.2) is 61.2 Å². The van der Waals surface area contributed by atoms with Crippen molar-refractivity contribution in [2.45, 2.75) is 39.2 Å². The molecule has 0 aliphatic carbocycles. The Morgan fingerprint density at radius 1 is 1.15 bits per heavy atom. The monoisotopic (exact) mass is 361 g/mol. The summed E-state index contributed by atoms with van der Waals surface area (Å²) in [4.78, 5) is 16.2. The molecule has 27 heavy (non-hydrogen) atoms. The number of fused-ring (bicyclic) bond motifs is 1. The van der Waals surface area contributed by atoms with Gasteiger partial charge in [-0.1, -0.05) is 63.7 Å². The lowest BCUT2D eigenvalue weighted by atomic mass is 9.87. The van der Waals surface area contributed by atoms with Gasteiger partial charge in [-0.05, 0) is 34.8 Å². The van der Waals surface area contributed by atoms with E-state index < -0.39 is 0 Å². The number of amides is 1. The normalized spacial score (nSPS) is 11.5. The molecule has 0 aliphatic rings. The molecule has 140 valence electrons. The minimum Gasteiger partial charge on any atom is -0.352 e. The van der Waals surface area contributed by atoms with Gasteiger partial charge in [0.05, 0.1) is 11.0 Å². The quantitative estimate of drug-likeness (QED) is 0.668. The summed E-state index contributed by atoms with van der Waals surface area (Å²) in [5.74, 6) is 0.816. The molecular formula is C23H27N3O. The Morgan fingerprint density at radius 2 is 1.85 bits per heavy atom. The van der Waals surface area contributed by atoms with Gasteiger partial charge in [0.25, 0.3) is 0 Å². The van der Waals surface area contributed by atoms with Crippen LogP contribution in [0, 0.1) is 0 Å². The van der Waals surface area contributed by atoms with Crippen LogP contribution in [-0.2, 0) is 23.2 Å². The Bertz CT molecular complexity index is 946. The molecule has 0 atom stereocenters. The molecule has 1 aromatic heterocycles. The lowest BCUT2D eigenvalue weighted by Gasteiger charge is -2.19. The maximum Gasteiger partial charge on any atom is 0.243 e. The maximum absolute atomic E-state index is 11.4. The molecule has 0 saturated heterocycles. The van der Waals surface area contributed by atoms with Crippen molar-refractivity contribution in [2.75, 3.05) is 6.54 Å². The first-order chi connectivity index (χ1) is 12.9. The number of benzene rings is 2. The molecule has 3 aromatic rings. The predicted octanol–water partition coefficient (Wildman–Crippen LogP) is 4.23. The van der Waals surface area contributed by atoms with E-state index in [-0.39, 0.29) is 11.3 Å². The van der Waals surface area contributed by atoms with Gasteiger partial charge in [0, 0.05) is 19.5 Å². The molecule has 4 heteroatoms. The highest BCUT2D eigenvalue weighted by Gasteiger charge is 2.14. The van der Waals surface area contributed by atoms with E-state index >= 15 is 0 Å². The van der Waals surface area contributed by atoms with Crippen molar-refractivity contribution in [1.29, 1.82) is 0 Å². The van der Waals surface area contributed by atoms with Gasteiger partial charge in [-0.25, -0.2) is 4.98 Å². The van der Waals surface area contributed by atoms with Gasteiger partial charge < -0.3 is 9.88 Å². The molecule has 4 nitrogen and oxygen atoms in total. The summed E-state index contributed by atoms with van der Waals surface area (Å²) in [5, 5.41) is 2.83. The van der Waals surface area contributed by atoms with E-state index in [1.165, 1.54) is 17.2 Å². The number of para-hydroxylation sites is 2. The summed E-state index contributed by atoms with van der Waals surface area (Å²) in [5.41, 5.74) is 4.81. The first-order valence-electron chi connectivity index (χ1n) is 9.32. The number of hydrogen-bond acceptors (Lipinski definition) is 2. The van der Waals surface area contributed by atoms with Gasteiger partial charge in [-0.3, -0.25) is 4.79 Å². The first kappa shape index (κ1) is 18.9. The average Bonchev–Trinajstić information content (AvgIpc) is 2.99. The average molecular weight is 361 g/mol. The molecular weight excluding hydrogens is 334 g/mol. The molecule has 1 amide bonds. The fraction of sp³-hybridized carbons (Fsp3) is 0.304. The molecule has 0 saturated carbocycles. The zero-order valence-corrected chi connectivity index (χ0v) is 16.3. The molecule has 3 rings (SSSR count). The van der Waals surface area contributed by atoms with Crippen LogP contribution in [0.2, 0.25) is 0 Å². The van der Waals surface area contributed by atoms with Crippen LogP contribution in [0.4, 0.5) is 0 Å². The van der Waals surface area contributed by atoms with Crippen molar-refractivity contribution in [3.05, 3.63) is 78.1 Å². The van der Waals surface area contributed by atoms with E-state index in [0.29, 0.717) is 13.0 Å². The molecule has 1 N–H and O–H groups in total. The Labute approximate surface area is 160 Å². The number of nitrogens with zero attached hydrogens (tertiary/aromatic N) is 2. The summed E-state index contributed by atoms with van der Waals surface area (Å²) >= 11 is 0. The SMILES string of the molecule is C=CC(=O)NCCc1nc2ccccc2n1Cc1ccc(C(C)(C)C)cc1. The topological polar surface area (TPSA) is 46.9 Å². The predicted molar refractivity (Wildman–Crippen MR) is 111 cm³/mol. The number of rotatable bonds is 6. The number of nitrogens with one attached hydrogen (secondary N) is 1.